The summed E-state index contributed by atoms with van der Waals surface area (Å²) in [5.74, 6) is 0.724. The lowest BCUT2D eigenvalue weighted by molar-refractivity contribution is 0.241. The van der Waals surface area contributed by atoms with Crippen LogP contribution in [0.4, 0.5) is 5.69 Å². The van der Waals surface area contributed by atoms with Crippen molar-refractivity contribution >= 4 is 31.6 Å². The van der Waals surface area contributed by atoms with E-state index >= 15 is 0 Å². The Bertz CT molecular complexity index is 820. The molecule has 0 spiro atoms. The number of halogens is 1. The molecule has 124 valence electrons. The highest BCUT2D eigenvalue weighted by Gasteiger charge is 2.15. The van der Waals surface area contributed by atoms with Gasteiger partial charge in [-0.25, -0.2) is 8.42 Å². The minimum atomic E-state index is -3.30. The highest BCUT2D eigenvalue weighted by molar-refractivity contribution is 9.10. The van der Waals surface area contributed by atoms with E-state index in [2.05, 4.69) is 25.6 Å². The van der Waals surface area contributed by atoms with Crippen LogP contribution in [-0.4, -0.2) is 25.8 Å². The Morgan fingerprint density at radius 3 is 2.48 bits per heavy atom. The van der Waals surface area contributed by atoms with Gasteiger partial charge in [-0.05, 0) is 60.0 Å². The summed E-state index contributed by atoms with van der Waals surface area (Å²) in [6, 6.07) is 5.37. The first-order chi connectivity index (χ1) is 10.7. The van der Waals surface area contributed by atoms with E-state index in [0.29, 0.717) is 5.69 Å². The largest absolute Gasteiger partial charge is 0.489 e. The number of benzene rings is 1. The van der Waals surface area contributed by atoms with Crippen LogP contribution in [-0.2, 0) is 10.0 Å². The van der Waals surface area contributed by atoms with Crippen molar-refractivity contribution in [2.45, 2.75) is 26.9 Å². The molecule has 0 aliphatic carbocycles. The van der Waals surface area contributed by atoms with Crippen molar-refractivity contribution in [2.24, 2.45) is 0 Å². The van der Waals surface area contributed by atoms with Crippen molar-refractivity contribution in [3.8, 4) is 16.9 Å². The second-order valence-corrected chi connectivity index (χ2v) is 8.17. The summed E-state index contributed by atoms with van der Waals surface area (Å²) in [5, 5.41) is 0. The maximum atomic E-state index is 11.3. The third kappa shape index (κ3) is 4.68. The summed E-state index contributed by atoms with van der Waals surface area (Å²) in [6.45, 7) is 5.84. The van der Waals surface area contributed by atoms with Gasteiger partial charge in [0.25, 0.3) is 0 Å². The number of aryl methyl sites for hydroxylation is 1. The molecule has 1 aromatic carbocycles. The molecular formula is C16H19BrN2O3S. The van der Waals surface area contributed by atoms with E-state index in [-0.39, 0.29) is 6.10 Å². The van der Waals surface area contributed by atoms with Gasteiger partial charge in [0.05, 0.1) is 16.8 Å². The van der Waals surface area contributed by atoms with Gasteiger partial charge >= 0.3 is 0 Å². The molecule has 0 radical (unpaired) electrons. The van der Waals surface area contributed by atoms with Crippen LogP contribution < -0.4 is 9.46 Å². The number of aromatic nitrogens is 1. The zero-order valence-electron chi connectivity index (χ0n) is 13.4. The molecule has 7 heteroatoms. The second kappa shape index (κ2) is 6.88. The van der Waals surface area contributed by atoms with Crippen LogP contribution >= 0.6 is 15.9 Å². The van der Waals surface area contributed by atoms with Gasteiger partial charge in [0.2, 0.25) is 10.0 Å². The van der Waals surface area contributed by atoms with Crippen molar-refractivity contribution in [3.05, 3.63) is 40.6 Å². The van der Waals surface area contributed by atoms with Crippen molar-refractivity contribution in [1.82, 2.24) is 4.98 Å². The molecule has 1 aromatic heterocycles. The molecule has 0 atom stereocenters. The molecule has 2 aromatic rings. The highest BCUT2D eigenvalue weighted by Crippen LogP contribution is 2.38. The van der Waals surface area contributed by atoms with Crippen molar-refractivity contribution in [2.75, 3.05) is 11.0 Å². The van der Waals surface area contributed by atoms with Crippen molar-refractivity contribution < 1.29 is 13.2 Å². The molecule has 0 bridgehead atoms. The van der Waals surface area contributed by atoms with E-state index in [1.54, 1.807) is 24.5 Å². The predicted octanol–water partition coefficient (Wildman–Crippen LogP) is 3.98. The Hall–Kier alpha value is -1.60. The van der Waals surface area contributed by atoms with E-state index in [1.807, 2.05) is 26.8 Å². The number of ether oxygens (including phenoxy) is 1. The zero-order chi connectivity index (χ0) is 17.2. The third-order valence-electron chi connectivity index (χ3n) is 3.03. The normalized spacial score (nSPS) is 11.6. The molecule has 0 fully saturated rings. The smallest absolute Gasteiger partial charge is 0.229 e. The summed E-state index contributed by atoms with van der Waals surface area (Å²) in [7, 11) is -3.30. The Morgan fingerprint density at radius 1 is 1.22 bits per heavy atom. The molecule has 23 heavy (non-hydrogen) atoms. The summed E-state index contributed by atoms with van der Waals surface area (Å²) in [6.07, 6.45) is 4.59. The molecule has 0 aliphatic rings. The van der Waals surface area contributed by atoms with E-state index in [9.17, 15) is 8.42 Å². The Labute approximate surface area is 145 Å². The minimum absolute atomic E-state index is 0.0268. The number of anilines is 1. The summed E-state index contributed by atoms with van der Waals surface area (Å²) < 4.78 is 31.8. The summed E-state index contributed by atoms with van der Waals surface area (Å²) in [4.78, 5) is 4.21. The van der Waals surface area contributed by atoms with Gasteiger partial charge in [-0.1, -0.05) is 6.07 Å². The first-order valence-electron chi connectivity index (χ1n) is 7.06. The molecule has 5 nitrogen and oxygen atoms in total. The fourth-order valence-electron chi connectivity index (χ4n) is 2.21. The van der Waals surface area contributed by atoms with E-state index in [4.69, 9.17) is 4.74 Å². The third-order valence-corrected chi connectivity index (χ3v) is 4.20. The molecule has 1 heterocycles. The minimum Gasteiger partial charge on any atom is -0.489 e. The number of rotatable bonds is 5. The van der Waals surface area contributed by atoms with Crippen LogP contribution in [0.3, 0.4) is 0 Å². The Balaban J connectivity index is 2.49. The Morgan fingerprint density at radius 2 is 1.91 bits per heavy atom. The van der Waals surface area contributed by atoms with Gasteiger partial charge in [-0.2, -0.15) is 0 Å². The SMILES string of the molecule is Cc1cc(NS(C)(=O)=O)ccc1-c1cncc(Br)c1OC(C)C. The first-order valence-corrected chi connectivity index (χ1v) is 9.75. The molecule has 0 amide bonds. The van der Waals surface area contributed by atoms with Crippen LogP contribution in [0.25, 0.3) is 11.1 Å². The van der Waals surface area contributed by atoms with Crippen LogP contribution in [0.15, 0.2) is 35.1 Å². The summed E-state index contributed by atoms with van der Waals surface area (Å²) >= 11 is 3.47. The topological polar surface area (TPSA) is 68.3 Å². The fraction of sp³-hybridized carbons (Fsp3) is 0.312. The van der Waals surface area contributed by atoms with Gasteiger partial charge in [0.1, 0.15) is 5.75 Å². The number of hydrogen-bond acceptors (Lipinski definition) is 4. The molecule has 2 rings (SSSR count). The standard InChI is InChI=1S/C16H19BrN2O3S/c1-10(2)22-16-14(8-18-9-15(16)17)13-6-5-12(7-11(13)3)19-23(4,20)21/h5-10,19H,1-4H3. The maximum Gasteiger partial charge on any atom is 0.229 e. The van der Waals surface area contributed by atoms with Gasteiger partial charge in [-0.3, -0.25) is 9.71 Å². The lowest BCUT2D eigenvalue weighted by atomic mass is 10.0. The number of pyridine rings is 1. The molecule has 0 aliphatic heterocycles. The number of nitrogens with zero attached hydrogens (tertiary/aromatic N) is 1. The zero-order valence-corrected chi connectivity index (χ0v) is 15.8. The molecule has 1 N–H and O–H groups in total. The number of hydrogen-bond donors (Lipinski definition) is 1. The average Bonchev–Trinajstić information content (AvgIpc) is 2.39. The van der Waals surface area contributed by atoms with Crippen LogP contribution in [0, 0.1) is 6.92 Å². The molecule has 0 unspecified atom stereocenters. The van der Waals surface area contributed by atoms with E-state index in [0.717, 1.165) is 33.2 Å². The van der Waals surface area contributed by atoms with Gasteiger partial charge < -0.3 is 4.74 Å². The van der Waals surface area contributed by atoms with Gasteiger partial charge in [0, 0.05) is 23.6 Å². The van der Waals surface area contributed by atoms with Crippen LogP contribution in [0.5, 0.6) is 5.75 Å². The predicted molar refractivity (Wildman–Crippen MR) is 96.3 cm³/mol. The average molecular weight is 399 g/mol. The lowest BCUT2D eigenvalue weighted by Gasteiger charge is -2.17. The van der Waals surface area contributed by atoms with E-state index < -0.39 is 10.0 Å². The number of nitrogens with one attached hydrogen (secondary N) is 1. The van der Waals surface area contributed by atoms with Crippen molar-refractivity contribution in [1.29, 1.82) is 0 Å². The summed E-state index contributed by atoms with van der Waals surface area (Å²) in [5.41, 5.74) is 3.25. The van der Waals surface area contributed by atoms with Crippen LogP contribution in [0.2, 0.25) is 0 Å². The highest BCUT2D eigenvalue weighted by atomic mass is 79.9. The quantitative estimate of drug-likeness (QED) is 0.826. The lowest BCUT2D eigenvalue weighted by Crippen LogP contribution is -2.10. The fourth-order valence-corrected chi connectivity index (χ4v) is 3.19. The van der Waals surface area contributed by atoms with Gasteiger partial charge in [0.15, 0.2) is 0 Å². The Kier molecular flexibility index (Phi) is 5.31. The molecule has 0 saturated heterocycles. The van der Waals surface area contributed by atoms with Crippen LogP contribution in [0.1, 0.15) is 19.4 Å². The maximum absolute atomic E-state index is 11.3. The molecular weight excluding hydrogens is 380 g/mol. The monoisotopic (exact) mass is 398 g/mol. The van der Waals surface area contributed by atoms with Crippen molar-refractivity contribution in [3.63, 3.8) is 0 Å². The van der Waals surface area contributed by atoms with E-state index in [1.165, 1.54) is 0 Å². The second-order valence-electron chi connectivity index (χ2n) is 5.57. The first kappa shape index (κ1) is 17.7. The van der Waals surface area contributed by atoms with Gasteiger partial charge in [-0.15, -0.1) is 0 Å². The molecule has 0 saturated carbocycles. The number of sulfonamides is 1.